The number of thioether (sulfide) groups is 1. The topological polar surface area (TPSA) is 73.4 Å². The number of aromatic nitrogens is 3. The van der Waals surface area contributed by atoms with Crippen LogP contribution < -0.4 is 9.64 Å². The summed E-state index contributed by atoms with van der Waals surface area (Å²) in [5.74, 6) is 2.64. The van der Waals surface area contributed by atoms with Crippen LogP contribution in [0.15, 0.2) is 76.5 Å². The van der Waals surface area contributed by atoms with E-state index in [-0.39, 0.29) is 11.7 Å². The van der Waals surface area contributed by atoms with Crippen molar-refractivity contribution in [1.29, 1.82) is 0 Å². The second-order valence-electron chi connectivity index (χ2n) is 7.77. The summed E-state index contributed by atoms with van der Waals surface area (Å²) in [6.07, 6.45) is 3.64. The molecular formula is C25H24N4O3S. The fourth-order valence-electron chi connectivity index (χ4n) is 4.05. The molecule has 7 nitrogen and oxygen atoms in total. The lowest BCUT2D eigenvalue weighted by atomic mass is 10.0. The molecule has 1 aliphatic rings. The van der Waals surface area contributed by atoms with Gasteiger partial charge in [-0.25, -0.2) is 0 Å². The average Bonchev–Trinajstić information content (AvgIpc) is 3.52. The molecule has 8 heteroatoms. The number of fused-ring (bicyclic) bond motifs is 1. The van der Waals surface area contributed by atoms with Gasteiger partial charge in [-0.3, -0.25) is 9.36 Å². The van der Waals surface area contributed by atoms with Crippen molar-refractivity contribution >= 4 is 23.4 Å². The average molecular weight is 461 g/mol. The highest BCUT2D eigenvalue weighted by atomic mass is 32.2. The van der Waals surface area contributed by atoms with Gasteiger partial charge in [0, 0.05) is 17.8 Å². The van der Waals surface area contributed by atoms with Gasteiger partial charge in [0.15, 0.2) is 11.0 Å². The minimum Gasteiger partial charge on any atom is -0.497 e. The summed E-state index contributed by atoms with van der Waals surface area (Å²) < 4.78 is 12.8. The van der Waals surface area contributed by atoms with Gasteiger partial charge in [0.1, 0.15) is 11.5 Å². The lowest BCUT2D eigenvalue weighted by molar-refractivity contribution is -0.116. The predicted molar refractivity (Wildman–Crippen MR) is 128 cm³/mol. The highest BCUT2D eigenvalue weighted by Crippen LogP contribution is 2.30. The number of carbonyl (C=O) groups excluding carboxylic acids is 1. The van der Waals surface area contributed by atoms with E-state index < -0.39 is 0 Å². The van der Waals surface area contributed by atoms with Crippen LogP contribution in [0, 0.1) is 0 Å². The molecule has 0 saturated carbocycles. The van der Waals surface area contributed by atoms with Crippen LogP contribution >= 0.6 is 11.8 Å². The molecule has 0 unspecified atom stereocenters. The van der Waals surface area contributed by atoms with Crippen molar-refractivity contribution in [3.05, 3.63) is 78.3 Å². The molecule has 4 aromatic rings. The molecule has 2 aromatic carbocycles. The van der Waals surface area contributed by atoms with E-state index in [0.717, 1.165) is 42.1 Å². The summed E-state index contributed by atoms with van der Waals surface area (Å²) in [4.78, 5) is 15.0. The smallest absolute Gasteiger partial charge is 0.237 e. The van der Waals surface area contributed by atoms with Crippen molar-refractivity contribution in [2.75, 3.05) is 24.3 Å². The summed E-state index contributed by atoms with van der Waals surface area (Å²) in [5, 5.41) is 9.52. The number of benzene rings is 2. The summed E-state index contributed by atoms with van der Waals surface area (Å²) in [6.45, 7) is 1.22. The van der Waals surface area contributed by atoms with E-state index in [1.807, 2.05) is 64.1 Å². The third-order valence-corrected chi connectivity index (χ3v) is 6.65. The van der Waals surface area contributed by atoms with Gasteiger partial charge in [-0.1, -0.05) is 30.0 Å². The van der Waals surface area contributed by atoms with Crippen LogP contribution in [0.2, 0.25) is 0 Å². The molecule has 33 heavy (non-hydrogen) atoms. The van der Waals surface area contributed by atoms with Crippen LogP contribution in [0.3, 0.4) is 0 Å². The second kappa shape index (κ2) is 9.54. The number of hydrogen-bond donors (Lipinski definition) is 0. The molecule has 0 atom stereocenters. The number of anilines is 1. The minimum atomic E-state index is 0.0747. The van der Waals surface area contributed by atoms with E-state index >= 15 is 0 Å². The first-order valence-electron chi connectivity index (χ1n) is 10.8. The largest absolute Gasteiger partial charge is 0.497 e. The molecule has 168 valence electrons. The zero-order chi connectivity index (χ0) is 22.6. The Morgan fingerprint density at radius 2 is 1.94 bits per heavy atom. The maximum atomic E-state index is 13.1. The molecule has 0 spiro atoms. The molecule has 5 rings (SSSR count). The van der Waals surface area contributed by atoms with Crippen molar-refractivity contribution in [2.24, 2.45) is 0 Å². The fraction of sp³-hybridized carbons (Fsp3) is 0.240. The highest BCUT2D eigenvalue weighted by molar-refractivity contribution is 7.99. The van der Waals surface area contributed by atoms with Crippen LogP contribution in [0.1, 0.15) is 17.7 Å². The van der Waals surface area contributed by atoms with E-state index in [2.05, 4.69) is 16.3 Å². The number of carbonyl (C=O) groups is 1. The highest BCUT2D eigenvalue weighted by Gasteiger charge is 2.23. The zero-order valence-corrected chi connectivity index (χ0v) is 19.1. The Morgan fingerprint density at radius 3 is 2.73 bits per heavy atom. The lowest BCUT2D eigenvalue weighted by Crippen LogP contribution is -2.36. The predicted octanol–water partition coefficient (Wildman–Crippen LogP) is 4.67. The molecule has 0 saturated heterocycles. The summed E-state index contributed by atoms with van der Waals surface area (Å²) >= 11 is 1.40. The van der Waals surface area contributed by atoms with Gasteiger partial charge in [-0.15, -0.1) is 10.2 Å². The third kappa shape index (κ3) is 4.52. The van der Waals surface area contributed by atoms with Crippen LogP contribution in [-0.4, -0.2) is 40.1 Å². The maximum Gasteiger partial charge on any atom is 0.237 e. The number of para-hydroxylation sites is 1. The molecule has 0 radical (unpaired) electrons. The Bertz CT molecular complexity index is 1240. The molecule has 2 aromatic heterocycles. The van der Waals surface area contributed by atoms with E-state index in [9.17, 15) is 4.79 Å². The number of furan rings is 1. The van der Waals surface area contributed by atoms with Crippen molar-refractivity contribution in [1.82, 2.24) is 14.8 Å². The third-order valence-electron chi connectivity index (χ3n) is 5.70. The van der Waals surface area contributed by atoms with Gasteiger partial charge in [0.05, 0.1) is 25.7 Å². The standard InChI is InChI=1S/C25H24N4O3S/c1-31-20-12-10-19(11-13-20)24-26-27-25(29(24)16-21-8-5-15-32-21)33-17-23(30)28-14-4-7-18-6-2-3-9-22(18)28/h2-3,5-6,8-13,15H,4,7,14,16-17H2,1H3. The van der Waals surface area contributed by atoms with Crippen LogP contribution in [-0.2, 0) is 17.8 Å². The number of rotatable bonds is 7. The van der Waals surface area contributed by atoms with E-state index in [4.69, 9.17) is 9.15 Å². The Balaban J connectivity index is 1.38. The van der Waals surface area contributed by atoms with Crippen molar-refractivity contribution in [2.45, 2.75) is 24.5 Å². The van der Waals surface area contributed by atoms with E-state index in [0.29, 0.717) is 17.5 Å². The van der Waals surface area contributed by atoms with E-state index in [1.165, 1.54) is 17.3 Å². The van der Waals surface area contributed by atoms with Crippen molar-refractivity contribution in [3.8, 4) is 17.1 Å². The van der Waals surface area contributed by atoms with Crippen LogP contribution in [0.5, 0.6) is 5.75 Å². The molecule has 3 heterocycles. The SMILES string of the molecule is COc1ccc(-c2nnc(SCC(=O)N3CCCc4ccccc43)n2Cc2ccco2)cc1. The van der Waals surface area contributed by atoms with Crippen LogP contribution in [0.25, 0.3) is 11.4 Å². The van der Waals surface area contributed by atoms with E-state index in [1.54, 1.807) is 13.4 Å². The van der Waals surface area contributed by atoms with Gasteiger partial charge in [-0.2, -0.15) is 0 Å². The number of amides is 1. The first kappa shape index (κ1) is 21.3. The maximum absolute atomic E-state index is 13.1. The first-order chi connectivity index (χ1) is 16.2. The van der Waals surface area contributed by atoms with Gasteiger partial charge in [0.25, 0.3) is 0 Å². The van der Waals surface area contributed by atoms with Gasteiger partial charge >= 0.3 is 0 Å². The number of hydrogen-bond acceptors (Lipinski definition) is 6. The van der Waals surface area contributed by atoms with Gasteiger partial charge in [-0.05, 0) is 60.9 Å². The summed E-state index contributed by atoms with van der Waals surface area (Å²) in [6, 6.07) is 19.6. The first-order valence-corrected chi connectivity index (χ1v) is 11.8. The fourth-order valence-corrected chi connectivity index (χ4v) is 4.86. The van der Waals surface area contributed by atoms with Crippen LogP contribution in [0.4, 0.5) is 5.69 Å². The molecule has 0 N–H and O–H groups in total. The van der Waals surface area contributed by atoms with Gasteiger partial charge < -0.3 is 14.1 Å². The summed E-state index contributed by atoms with van der Waals surface area (Å²) in [5.41, 5.74) is 3.16. The summed E-state index contributed by atoms with van der Waals surface area (Å²) in [7, 11) is 1.64. The molecule has 1 aliphatic heterocycles. The van der Waals surface area contributed by atoms with Crippen molar-refractivity contribution < 1.29 is 13.9 Å². The normalized spacial score (nSPS) is 13.1. The van der Waals surface area contributed by atoms with Gasteiger partial charge in [0.2, 0.25) is 5.91 Å². The Labute approximate surface area is 196 Å². The quantitative estimate of drug-likeness (QED) is 0.373. The molecule has 1 amide bonds. The molecule has 0 fully saturated rings. The Morgan fingerprint density at radius 1 is 1.09 bits per heavy atom. The molecular weight excluding hydrogens is 436 g/mol. The van der Waals surface area contributed by atoms with Crippen molar-refractivity contribution in [3.63, 3.8) is 0 Å². The second-order valence-corrected chi connectivity index (χ2v) is 8.71. The number of aryl methyl sites for hydroxylation is 1. The lowest BCUT2D eigenvalue weighted by Gasteiger charge is -2.29. The number of nitrogens with zero attached hydrogens (tertiary/aromatic N) is 4. The Hall–Kier alpha value is -3.52. The monoisotopic (exact) mass is 460 g/mol. The number of ether oxygens (including phenoxy) is 1. The zero-order valence-electron chi connectivity index (χ0n) is 18.3. The number of methoxy groups -OCH3 is 1. The minimum absolute atomic E-state index is 0.0747. The molecule has 0 aliphatic carbocycles. The Kier molecular flexibility index (Phi) is 6.17. The molecule has 0 bridgehead atoms.